The normalized spacial score (nSPS) is 11.0. The topological polar surface area (TPSA) is 44.1 Å². The number of nitrogens with zero attached hydrogens (tertiary/aromatic N) is 2. The predicted molar refractivity (Wildman–Crippen MR) is 86.7 cm³/mol. The van der Waals surface area contributed by atoms with Crippen LogP contribution >= 0.6 is 23.2 Å². The van der Waals surface area contributed by atoms with Crippen molar-refractivity contribution in [1.82, 2.24) is 9.78 Å². The van der Waals surface area contributed by atoms with Crippen LogP contribution in [0.25, 0.3) is 10.8 Å². The molecule has 0 bridgehead atoms. The van der Waals surface area contributed by atoms with Crippen LogP contribution in [0.3, 0.4) is 0 Å². The number of hydrogen-bond acceptors (Lipinski definition) is 3. The van der Waals surface area contributed by atoms with Gasteiger partial charge in [-0.3, -0.25) is 4.79 Å². The number of rotatable bonds is 6. The summed E-state index contributed by atoms with van der Waals surface area (Å²) in [6.45, 7) is 5.18. The highest BCUT2D eigenvalue weighted by atomic mass is 35.5. The Morgan fingerprint density at radius 3 is 2.43 bits per heavy atom. The van der Waals surface area contributed by atoms with Gasteiger partial charge < -0.3 is 4.74 Å². The fourth-order valence-corrected chi connectivity index (χ4v) is 2.36. The van der Waals surface area contributed by atoms with Crippen LogP contribution in [0.4, 0.5) is 0 Å². The van der Waals surface area contributed by atoms with E-state index in [2.05, 4.69) is 12.0 Å². The van der Waals surface area contributed by atoms with Crippen molar-refractivity contribution in [3.05, 3.63) is 32.5 Å². The molecule has 2 aromatic rings. The number of aromatic nitrogens is 2. The van der Waals surface area contributed by atoms with E-state index in [0.29, 0.717) is 39.8 Å². The van der Waals surface area contributed by atoms with Gasteiger partial charge in [-0.05, 0) is 25.0 Å². The molecule has 0 N–H and O–H groups in total. The second kappa shape index (κ2) is 7.14. The van der Waals surface area contributed by atoms with Crippen molar-refractivity contribution in [2.24, 2.45) is 0 Å². The summed E-state index contributed by atoms with van der Waals surface area (Å²) in [6.07, 6.45) is 2.77. The molecule has 4 nitrogen and oxygen atoms in total. The number of unbranched alkanes of at least 4 members (excludes halogenated alkanes) is 1. The molecular weight excluding hydrogens is 311 g/mol. The molecule has 1 aromatic carbocycles. The first-order valence-electron chi connectivity index (χ1n) is 7.11. The smallest absolute Gasteiger partial charge is 0.274 e. The van der Waals surface area contributed by atoms with Gasteiger partial charge in [0.05, 0.1) is 27.4 Å². The Hall–Kier alpha value is -1.26. The summed E-state index contributed by atoms with van der Waals surface area (Å²) in [6, 6.07) is 3.23. The zero-order valence-electron chi connectivity index (χ0n) is 12.2. The van der Waals surface area contributed by atoms with Crippen LogP contribution in [-0.2, 0) is 6.54 Å². The Bertz CT molecular complexity index is 698. The van der Waals surface area contributed by atoms with E-state index < -0.39 is 0 Å². The number of aryl methyl sites for hydroxylation is 1. The summed E-state index contributed by atoms with van der Waals surface area (Å²) in [7, 11) is 0. The third kappa shape index (κ3) is 3.50. The fraction of sp³-hybridized carbons (Fsp3) is 0.467. The molecule has 6 heteroatoms. The lowest BCUT2D eigenvalue weighted by Crippen LogP contribution is -2.24. The van der Waals surface area contributed by atoms with E-state index in [-0.39, 0.29) is 5.56 Å². The molecule has 0 unspecified atom stereocenters. The molecule has 2 rings (SSSR count). The second-order valence-electron chi connectivity index (χ2n) is 4.85. The summed E-state index contributed by atoms with van der Waals surface area (Å²) >= 11 is 12.1. The molecule has 0 amide bonds. The minimum absolute atomic E-state index is 0.173. The predicted octanol–water partition coefficient (Wildman–Crippen LogP) is 4.29. The largest absolute Gasteiger partial charge is 0.476 e. The summed E-state index contributed by atoms with van der Waals surface area (Å²) in [5.41, 5.74) is -0.173. The molecule has 0 aliphatic rings. The fourth-order valence-electron chi connectivity index (χ4n) is 2.03. The van der Waals surface area contributed by atoms with Gasteiger partial charge in [-0.1, -0.05) is 43.5 Å². The number of hydrogen-bond donors (Lipinski definition) is 0. The Morgan fingerprint density at radius 1 is 1.14 bits per heavy atom. The van der Waals surface area contributed by atoms with Crippen molar-refractivity contribution in [3.63, 3.8) is 0 Å². The Balaban J connectivity index is 2.60. The zero-order chi connectivity index (χ0) is 15.4. The summed E-state index contributed by atoms with van der Waals surface area (Å²) in [5, 5.41) is 6.15. The second-order valence-corrected chi connectivity index (χ2v) is 5.66. The van der Waals surface area contributed by atoms with Crippen LogP contribution in [0, 0.1) is 0 Å². The monoisotopic (exact) mass is 328 g/mol. The lowest BCUT2D eigenvalue weighted by molar-refractivity contribution is 0.291. The summed E-state index contributed by atoms with van der Waals surface area (Å²) in [5.74, 6) is 0.435. The van der Waals surface area contributed by atoms with Gasteiger partial charge in [0.15, 0.2) is 0 Å². The molecule has 0 radical (unpaired) electrons. The maximum absolute atomic E-state index is 12.4. The van der Waals surface area contributed by atoms with Gasteiger partial charge >= 0.3 is 0 Å². The van der Waals surface area contributed by atoms with Crippen molar-refractivity contribution >= 4 is 34.0 Å². The van der Waals surface area contributed by atoms with Gasteiger partial charge in [0.2, 0.25) is 5.88 Å². The molecule has 114 valence electrons. The Morgan fingerprint density at radius 2 is 1.81 bits per heavy atom. The highest BCUT2D eigenvalue weighted by Gasteiger charge is 2.14. The van der Waals surface area contributed by atoms with Crippen LogP contribution in [0.2, 0.25) is 10.0 Å². The van der Waals surface area contributed by atoms with E-state index in [4.69, 9.17) is 27.9 Å². The maximum atomic E-state index is 12.4. The van der Waals surface area contributed by atoms with E-state index in [0.717, 1.165) is 19.3 Å². The number of ether oxygens (including phenoxy) is 1. The van der Waals surface area contributed by atoms with Gasteiger partial charge in [0.1, 0.15) is 0 Å². The van der Waals surface area contributed by atoms with E-state index in [1.165, 1.54) is 4.68 Å². The molecule has 1 aromatic heterocycles. The lowest BCUT2D eigenvalue weighted by Gasteiger charge is -2.12. The van der Waals surface area contributed by atoms with E-state index in [9.17, 15) is 4.79 Å². The summed E-state index contributed by atoms with van der Waals surface area (Å²) in [4.78, 5) is 12.4. The van der Waals surface area contributed by atoms with Crippen molar-refractivity contribution in [2.75, 3.05) is 6.61 Å². The van der Waals surface area contributed by atoms with Crippen LogP contribution in [0.15, 0.2) is 16.9 Å². The molecular formula is C15H18Cl2N2O2. The first-order chi connectivity index (χ1) is 10.1. The van der Waals surface area contributed by atoms with E-state index in [1.807, 2.05) is 6.92 Å². The Labute approximate surface area is 133 Å². The number of halogens is 2. The van der Waals surface area contributed by atoms with E-state index >= 15 is 0 Å². The third-order valence-electron chi connectivity index (χ3n) is 3.14. The van der Waals surface area contributed by atoms with Crippen LogP contribution < -0.4 is 10.3 Å². The van der Waals surface area contributed by atoms with Crippen molar-refractivity contribution < 1.29 is 4.74 Å². The molecule has 0 aliphatic carbocycles. The average molecular weight is 329 g/mol. The van der Waals surface area contributed by atoms with Crippen LogP contribution in [0.1, 0.15) is 33.1 Å². The first-order valence-corrected chi connectivity index (χ1v) is 7.86. The Kier molecular flexibility index (Phi) is 5.48. The molecule has 0 saturated carbocycles. The standard InChI is InChI=1S/C15H18Cl2N2O2/c1-3-5-7-21-14-10-8-12(16)13(17)9-11(10)15(20)19(18-14)6-4-2/h8-9H,3-7H2,1-2H3. The number of fused-ring (bicyclic) bond motifs is 1. The highest BCUT2D eigenvalue weighted by Crippen LogP contribution is 2.30. The molecule has 1 heterocycles. The minimum Gasteiger partial charge on any atom is -0.476 e. The van der Waals surface area contributed by atoms with Crippen LogP contribution in [-0.4, -0.2) is 16.4 Å². The van der Waals surface area contributed by atoms with Crippen molar-refractivity contribution in [2.45, 2.75) is 39.7 Å². The quantitative estimate of drug-likeness (QED) is 0.743. The summed E-state index contributed by atoms with van der Waals surface area (Å²) < 4.78 is 7.15. The van der Waals surface area contributed by atoms with Gasteiger partial charge in [0, 0.05) is 6.54 Å². The molecule has 0 spiro atoms. The van der Waals surface area contributed by atoms with Crippen LogP contribution in [0.5, 0.6) is 5.88 Å². The van der Waals surface area contributed by atoms with Gasteiger partial charge in [-0.2, -0.15) is 0 Å². The number of benzene rings is 1. The van der Waals surface area contributed by atoms with Gasteiger partial charge in [-0.25, -0.2) is 4.68 Å². The molecule has 0 fully saturated rings. The van der Waals surface area contributed by atoms with Gasteiger partial charge in [-0.15, -0.1) is 5.10 Å². The maximum Gasteiger partial charge on any atom is 0.274 e. The lowest BCUT2D eigenvalue weighted by atomic mass is 10.2. The van der Waals surface area contributed by atoms with Crippen molar-refractivity contribution in [3.8, 4) is 5.88 Å². The van der Waals surface area contributed by atoms with E-state index in [1.54, 1.807) is 12.1 Å². The van der Waals surface area contributed by atoms with Gasteiger partial charge in [0.25, 0.3) is 5.56 Å². The molecule has 0 aliphatic heterocycles. The average Bonchev–Trinajstić information content (AvgIpc) is 2.46. The molecule has 0 atom stereocenters. The first kappa shape index (κ1) is 16.1. The zero-order valence-corrected chi connectivity index (χ0v) is 13.7. The third-order valence-corrected chi connectivity index (χ3v) is 3.86. The van der Waals surface area contributed by atoms with Crippen molar-refractivity contribution in [1.29, 1.82) is 0 Å². The minimum atomic E-state index is -0.173. The highest BCUT2D eigenvalue weighted by molar-refractivity contribution is 6.42. The molecule has 21 heavy (non-hydrogen) atoms. The SMILES string of the molecule is CCCCOc1nn(CCC)c(=O)c2cc(Cl)c(Cl)cc12. The molecule has 0 saturated heterocycles.